The van der Waals surface area contributed by atoms with Gasteiger partial charge in [-0.15, -0.1) is 0 Å². The number of nitriles is 2. The van der Waals surface area contributed by atoms with Crippen molar-refractivity contribution in [1.82, 2.24) is 4.90 Å². The van der Waals surface area contributed by atoms with Gasteiger partial charge in [0.15, 0.2) is 9.84 Å². The van der Waals surface area contributed by atoms with Gasteiger partial charge < -0.3 is 9.84 Å². The molecule has 8 heteroatoms. The first-order valence-electron chi connectivity index (χ1n) is 10.00. The Bertz CT molecular complexity index is 1080. The fraction of sp³-hybridized carbons (Fsp3) is 0.391. The highest BCUT2D eigenvalue weighted by Gasteiger charge is 2.31. The molecule has 1 N–H and O–H groups in total. The molecule has 1 fully saturated rings. The van der Waals surface area contributed by atoms with E-state index in [1.165, 1.54) is 24.5 Å². The molecule has 162 valence electrons. The van der Waals surface area contributed by atoms with Crippen LogP contribution in [-0.2, 0) is 9.84 Å². The zero-order chi connectivity index (χ0) is 22.6. The Morgan fingerprint density at radius 2 is 1.77 bits per heavy atom. The molecule has 1 heterocycles. The summed E-state index contributed by atoms with van der Waals surface area (Å²) in [6.45, 7) is 3.75. The normalized spacial score (nSPS) is 20.0. The monoisotopic (exact) mass is 439 g/mol. The van der Waals surface area contributed by atoms with Gasteiger partial charge in [-0.2, -0.15) is 10.5 Å². The van der Waals surface area contributed by atoms with Crippen LogP contribution in [-0.4, -0.2) is 50.4 Å². The second-order valence-corrected chi connectivity index (χ2v) is 10.1. The predicted molar refractivity (Wildman–Crippen MR) is 115 cm³/mol. The van der Waals surface area contributed by atoms with Gasteiger partial charge >= 0.3 is 0 Å². The van der Waals surface area contributed by atoms with E-state index < -0.39 is 15.9 Å². The molecular weight excluding hydrogens is 414 g/mol. The molecule has 31 heavy (non-hydrogen) atoms. The average Bonchev–Trinajstić information content (AvgIpc) is 3.10. The number of hydrogen-bond donors (Lipinski definition) is 1. The standard InChI is InChI=1S/C23H25N3O4S/c1-16-7-19(15-30-21-3-5-22(6-4-21)31(2,28)29)13-26(16)14-23(27)20-9-17(11-24)8-18(10-20)12-25/h3-6,8-10,16,19,23,27H,7,13-15H2,1-2H3/t16-,19+,23-/m1/s1. The van der Waals surface area contributed by atoms with Crippen LogP contribution in [0.25, 0.3) is 0 Å². The summed E-state index contributed by atoms with van der Waals surface area (Å²) >= 11 is 0. The molecule has 0 unspecified atom stereocenters. The van der Waals surface area contributed by atoms with Gasteiger partial charge in [0.25, 0.3) is 0 Å². The highest BCUT2D eigenvalue weighted by atomic mass is 32.2. The second kappa shape index (κ2) is 9.49. The fourth-order valence-corrected chi connectivity index (χ4v) is 4.52. The number of rotatable bonds is 7. The maximum Gasteiger partial charge on any atom is 0.175 e. The van der Waals surface area contributed by atoms with E-state index in [0.29, 0.717) is 35.6 Å². The lowest BCUT2D eigenvalue weighted by atomic mass is 10.0. The van der Waals surface area contributed by atoms with Gasteiger partial charge in [-0.05, 0) is 61.4 Å². The Morgan fingerprint density at radius 3 is 2.32 bits per heavy atom. The summed E-state index contributed by atoms with van der Waals surface area (Å²) in [5.41, 5.74) is 1.28. The Balaban J connectivity index is 1.57. The molecule has 1 aliphatic heterocycles. The van der Waals surface area contributed by atoms with E-state index in [4.69, 9.17) is 15.3 Å². The molecule has 0 amide bonds. The van der Waals surface area contributed by atoms with Gasteiger partial charge in [0.1, 0.15) is 5.75 Å². The van der Waals surface area contributed by atoms with Crippen molar-refractivity contribution in [2.75, 3.05) is 26.0 Å². The molecule has 0 aliphatic carbocycles. The number of sulfone groups is 1. The number of aliphatic hydroxyl groups excluding tert-OH is 1. The van der Waals surface area contributed by atoms with Gasteiger partial charge in [-0.3, -0.25) is 4.90 Å². The average molecular weight is 440 g/mol. The quantitative estimate of drug-likeness (QED) is 0.705. The Hall–Kier alpha value is -2.91. The van der Waals surface area contributed by atoms with Crippen LogP contribution in [0.2, 0.25) is 0 Å². The first kappa shape index (κ1) is 22.8. The largest absolute Gasteiger partial charge is 0.493 e. The van der Waals surface area contributed by atoms with Crippen molar-refractivity contribution >= 4 is 9.84 Å². The molecule has 1 saturated heterocycles. The summed E-state index contributed by atoms with van der Waals surface area (Å²) in [6.07, 6.45) is 1.28. The molecule has 0 bridgehead atoms. The number of aliphatic hydroxyl groups is 1. The first-order valence-corrected chi connectivity index (χ1v) is 11.9. The van der Waals surface area contributed by atoms with Crippen LogP contribution in [0.5, 0.6) is 5.75 Å². The Morgan fingerprint density at radius 1 is 1.16 bits per heavy atom. The molecule has 0 saturated carbocycles. The Kier molecular flexibility index (Phi) is 6.97. The number of likely N-dealkylation sites (tertiary alicyclic amines) is 1. The van der Waals surface area contributed by atoms with Crippen LogP contribution >= 0.6 is 0 Å². The SMILES string of the molecule is C[C@@H]1C[C@H](COc2ccc(S(C)(=O)=O)cc2)CN1C[C@@H](O)c1cc(C#N)cc(C#N)c1. The molecule has 0 radical (unpaired) electrons. The summed E-state index contributed by atoms with van der Waals surface area (Å²) in [5, 5.41) is 29.0. The molecule has 3 rings (SSSR count). The summed E-state index contributed by atoms with van der Waals surface area (Å²) in [7, 11) is -3.23. The molecule has 1 aliphatic rings. The van der Waals surface area contributed by atoms with E-state index in [9.17, 15) is 13.5 Å². The van der Waals surface area contributed by atoms with Gasteiger partial charge in [0, 0.05) is 31.3 Å². The van der Waals surface area contributed by atoms with Crippen LogP contribution in [0.3, 0.4) is 0 Å². The first-order chi connectivity index (χ1) is 14.7. The minimum absolute atomic E-state index is 0.255. The minimum Gasteiger partial charge on any atom is -0.493 e. The summed E-state index contributed by atoms with van der Waals surface area (Å²) < 4.78 is 28.9. The highest BCUT2D eigenvalue weighted by Crippen LogP contribution is 2.27. The zero-order valence-corrected chi connectivity index (χ0v) is 18.3. The minimum atomic E-state index is -3.23. The highest BCUT2D eigenvalue weighted by molar-refractivity contribution is 7.90. The van der Waals surface area contributed by atoms with E-state index in [0.717, 1.165) is 13.0 Å². The smallest absolute Gasteiger partial charge is 0.175 e. The van der Waals surface area contributed by atoms with Gasteiger partial charge in [-0.25, -0.2) is 8.42 Å². The van der Waals surface area contributed by atoms with Crippen molar-refractivity contribution in [3.63, 3.8) is 0 Å². The molecule has 7 nitrogen and oxygen atoms in total. The van der Waals surface area contributed by atoms with Crippen LogP contribution < -0.4 is 4.74 Å². The summed E-state index contributed by atoms with van der Waals surface area (Å²) in [5.74, 6) is 0.896. The molecule has 2 aromatic rings. The number of nitrogens with zero attached hydrogens (tertiary/aromatic N) is 3. The van der Waals surface area contributed by atoms with E-state index in [2.05, 4.69) is 11.8 Å². The predicted octanol–water partition coefficient (Wildman–Crippen LogP) is 2.66. The lowest BCUT2D eigenvalue weighted by Gasteiger charge is -2.24. The van der Waals surface area contributed by atoms with Crippen molar-refractivity contribution < 1.29 is 18.3 Å². The molecular formula is C23H25N3O4S. The van der Waals surface area contributed by atoms with Crippen LogP contribution in [0.1, 0.15) is 36.1 Å². The van der Waals surface area contributed by atoms with Gasteiger partial charge in [0.05, 0.1) is 40.9 Å². The molecule has 2 aromatic carbocycles. The number of hydrogen-bond acceptors (Lipinski definition) is 7. The van der Waals surface area contributed by atoms with Crippen LogP contribution in [0.15, 0.2) is 47.4 Å². The third-order valence-corrected chi connectivity index (χ3v) is 6.66. The van der Waals surface area contributed by atoms with E-state index in [1.807, 2.05) is 12.1 Å². The number of β-amino-alcohol motifs (C(OH)–C–C–N with tert-alkyl or cyclic N) is 1. The lowest BCUT2D eigenvalue weighted by molar-refractivity contribution is 0.107. The molecule has 3 atom stereocenters. The van der Waals surface area contributed by atoms with Gasteiger partial charge in [0.2, 0.25) is 0 Å². The lowest BCUT2D eigenvalue weighted by Crippen LogP contribution is -2.32. The summed E-state index contributed by atoms with van der Waals surface area (Å²) in [6, 6.07) is 15.4. The second-order valence-electron chi connectivity index (χ2n) is 8.04. The van der Waals surface area contributed by atoms with Crippen LogP contribution in [0, 0.1) is 28.6 Å². The van der Waals surface area contributed by atoms with Crippen molar-refractivity contribution in [3.8, 4) is 17.9 Å². The van der Waals surface area contributed by atoms with Gasteiger partial charge in [-0.1, -0.05) is 0 Å². The van der Waals surface area contributed by atoms with E-state index >= 15 is 0 Å². The Labute approximate surface area is 183 Å². The molecule has 0 spiro atoms. The fourth-order valence-electron chi connectivity index (χ4n) is 3.89. The summed E-state index contributed by atoms with van der Waals surface area (Å²) in [4.78, 5) is 2.44. The van der Waals surface area contributed by atoms with Crippen molar-refractivity contribution in [1.29, 1.82) is 10.5 Å². The van der Waals surface area contributed by atoms with Crippen molar-refractivity contribution in [2.24, 2.45) is 5.92 Å². The third kappa shape index (κ3) is 5.83. The van der Waals surface area contributed by atoms with Crippen LogP contribution in [0.4, 0.5) is 0 Å². The number of ether oxygens (including phenoxy) is 1. The van der Waals surface area contributed by atoms with Crippen molar-refractivity contribution in [3.05, 3.63) is 59.2 Å². The number of benzene rings is 2. The third-order valence-electron chi connectivity index (χ3n) is 5.53. The van der Waals surface area contributed by atoms with E-state index in [1.54, 1.807) is 24.3 Å². The topological polar surface area (TPSA) is 114 Å². The van der Waals surface area contributed by atoms with E-state index in [-0.39, 0.29) is 16.9 Å². The molecule has 0 aromatic heterocycles. The maximum atomic E-state index is 11.5. The van der Waals surface area contributed by atoms with Crippen molar-refractivity contribution in [2.45, 2.75) is 30.4 Å². The zero-order valence-electron chi connectivity index (χ0n) is 17.5. The maximum absolute atomic E-state index is 11.5.